The summed E-state index contributed by atoms with van der Waals surface area (Å²) in [4.78, 5) is 13.4. The molecular weight excluding hydrogens is 272 g/mol. The van der Waals surface area contributed by atoms with E-state index in [0.717, 1.165) is 19.3 Å². The first kappa shape index (κ1) is 15.3. The predicted octanol–water partition coefficient (Wildman–Crippen LogP) is 2.74. The van der Waals surface area contributed by atoms with Crippen LogP contribution < -0.4 is 4.80 Å². The third-order valence-corrected chi connectivity index (χ3v) is 5.15. The van der Waals surface area contributed by atoms with Gasteiger partial charge in [-0.1, -0.05) is 20.8 Å². The number of nitrogens with zero attached hydrogens (tertiary/aromatic N) is 1. The van der Waals surface area contributed by atoms with Gasteiger partial charge in [-0.15, -0.1) is 11.3 Å². The molecule has 1 aliphatic rings. The molecule has 1 N–H and O–H groups in total. The van der Waals surface area contributed by atoms with Gasteiger partial charge in [-0.05, 0) is 37.5 Å². The third kappa shape index (κ3) is 3.14. The lowest BCUT2D eigenvalue weighted by atomic mass is 9.73. The summed E-state index contributed by atoms with van der Waals surface area (Å²) < 4.78 is 6.83. The zero-order valence-corrected chi connectivity index (χ0v) is 13.6. The average molecular weight is 296 g/mol. The molecule has 0 saturated heterocycles. The van der Waals surface area contributed by atoms with Crippen LogP contribution in [0.15, 0.2) is 0 Å². The summed E-state index contributed by atoms with van der Waals surface area (Å²) in [7, 11) is 0. The molecule has 1 aromatic heterocycles. The fourth-order valence-corrected chi connectivity index (χ4v) is 3.95. The normalized spacial score (nSPS) is 18.7. The minimum Gasteiger partial charge on any atom is -0.465 e. The zero-order valence-electron chi connectivity index (χ0n) is 12.8. The van der Waals surface area contributed by atoms with Gasteiger partial charge in [0.1, 0.15) is 6.54 Å². The van der Waals surface area contributed by atoms with Crippen molar-refractivity contribution in [3.63, 3.8) is 0 Å². The molecule has 0 bridgehead atoms. The first-order valence-corrected chi connectivity index (χ1v) is 8.06. The Morgan fingerprint density at radius 2 is 2.20 bits per heavy atom. The molecule has 0 saturated carbocycles. The maximum atomic E-state index is 11.7. The van der Waals surface area contributed by atoms with Crippen LogP contribution in [0.3, 0.4) is 0 Å². The lowest BCUT2D eigenvalue weighted by Crippen LogP contribution is -2.29. The molecule has 0 radical (unpaired) electrons. The predicted molar refractivity (Wildman–Crippen MR) is 79.8 cm³/mol. The summed E-state index contributed by atoms with van der Waals surface area (Å²) in [5, 5.41) is 8.09. The van der Waals surface area contributed by atoms with Crippen molar-refractivity contribution in [3.05, 3.63) is 15.4 Å². The van der Waals surface area contributed by atoms with E-state index in [2.05, 4.69) is 20.8 Å². The third-order valence-electron chi connectivity index (χ3n) is 4.09. The second kappa shape index (κ2) is 5.72. The second-order valence-corrected chi connectivity index (χ2v) is 7.56. The van der Waals surface area contributed by atoms with E-state index in [9.17, 15) is 4.79 Å². The molecule has 1 heterocycles. The highest BCUT2D eigenvalue weighted by Gasteiger charge is 2.31. The molecule has 0 spiro atoms. The first-order chi connectivity index (χ1) is 9.32. The van der Waals surface area contributed by atoms with Crippen LogP contribution in [-0.4, -0.2) is 17.1 Å². The Morgan fingerprint density at radius 3 is 2.80 bits per heavy atom. The average Bonchev–Trinajstić information content (AvgIpc) is 2.64. The van der Waals surface area contributed by atoms with Crippen LogP contribution in [-0.2, 0) is 28.9 Å². The number of carbonyl (C=O) groups excluding carboxylic acids is 1. The largest absolute Gasteiger partial charge is 0.465 e. The van der Waals surface area contributed by atoms with Crippen LogP contribution in [0.4, 0.5) is 0 Å². The van der Waals surface area contributed by atoms with Crippen LogP contribution in [0.1, 0.15) is 44.7 Å². The topological polar surface area (TPSA) is 55.1 Å². The summed E-state index contributed by atoms with van der Waals surface area (Å²) in [5.74, 6) is 0.411. The van der Waals surface area contributed by atoms with Crippen LogP contribution in [0.2, 0.25) is 0 Å². The lowest BCUT2D eigenvalue weighted by Gasteiger charge is -2.33. The molecule has 0 amide bonds. The van der Waals surface area contributed by atoms with Crippen molar-refractivity contribution in [2.24, 2.45) is 11.3 Å². The first-order valence-electron chi connectivity index (χ1n) is 7.24. The Bertz CT molecular complexity index is 551. The van der Waals surface area contributed by atoms with Gasteiger partial charge in [0.15, 0.2) is 4.80 Å². The van der Waals surface area contributed by atoms with E-state index in [1.807, 2.05) is 4.57 Å². The van der Waals surface area contributed by atoms with Gasteiger partial charge in [-0.2, -0.15) is 0 Å². The summed E-state index contributed by atoms with van der Waals surface area (Å²) >= 11 is 1.52. The van der Waals surface area contributed by atoms with E-state index in [4.69, 9.17) is 10.1 Å². The molecule has 5 heteroatoms. The number of carbonyl (C=O) groups is 1. The SMILES string of the molecule is CCOC(=O)Cn1c2c(sc1=N)CC(C(C)(C)C)CC2. The highest BCUT2D eigenvalue weighted by molar-refractivity contribution is 7.09. The van der Waals surface area contributed by atoms with Gasteiger partial charge < -0.3 is 9.30 Å². The molecule has 0 fully saturated rings. The molecular formula is C15H24N2O2S. The summed E-state index contributed by atoms with van der Waals surface area (Å²) in [6.45, 7) is 9.23. The minimum atomic E-state index is -0.246. The molecule has 0 aromatic carbocycles. The van der Waals surface area contributed by atoms with Crippen molar-refractivity contribution >= 4 is 17.3 Å². The maximum absolute atomic E-state index is 11.7. The number of hydrogen-bond acceptors (Lipinski definition) is 4. The fraction of sp³-hybridized carbons (Fsp3) is 0.733. The molecule has 0 aliphatic heterocycles. The zero-order chi connectivity index (χ0) is 14.9. The number of esters is 1. The van der Waals surface area contributed by atoms with Crippen LogP contribution >= 0.6 is 11.3 Å². The van der Waals surface area contributed by atoms with Gasteiger partial charge >= 0.3 is 5.97 Å². The Kier molecular flexibility index (Phi) is 4.37. The van der Waals surface area contributed by atoms with Gasteiger partial charge in [-0.3, -0.25) is 10.2 Å². The molecule has 1 atom stereocenters. The standard InChI is InChI=1S/C15H24N2O2S/c1-5-19-13(18)9-17-11-7-6-10(15(2,3)4)8-12(11)20-14(17)16/h10,16H,5-9H2,1-4H3. The van der Waals surface area contributed by atoms with E-state index in [-0.39, 0.29) is 12.5 Å². The summed E-state index contributed by atoms with van der Waals surface area (Å²) in [6, 6.07) is 0. The van der Waals surface area contributed by atoms with Gasteiger partial charge in [0.25, 0.3) is 0 Å². The number of hydrogen-bond donors (Lipinski definition) is 1. The van der Waals surface area contributed by atoms with Crippen molar-refractivity contribution in [3.8, 4) is 0 Å². The number of aromatic nitrogens is 1. The monoisotopic (exact) mass is 296 g/mol. The summed E-state index contributed by atoms with van der Waals surface area (Å²) in [5.41, 5.74) is 1.48. The maximum Gasteiger partial charge on any atom is 0.326 e. The Morgan fingerprint density at radius 1 is 1.50 bits per heavy atom. The van der Waals surface area contributed by atoms with Gasteiger partial charge in [0.2, 0.25) is 0 Å². The van der Waals surface area contributed by atoms with Crippen LogP contribution in [0.5, 0.6) is 0 Å². The Labute approximate surface area is 124 Å². The van der Waals surface area contributed by atoms with E-state index >= 15 is 0 Å². The lowest BCUT2D eigenvalue weighted by molar-refractivity contribution is -0.143. The van der Waals surface area contributed by atoms with Crippen molar-refractivity contribution in [1.82, 2.24) is 4.57 Å². The Balaban J connectivity index is 2.22. The van der Waals surface area contributed by atoms with Gasteiger partial charge in [0.05, 0.1) is 6.61 Å². The second-order valence-electron chi connectivity index (χ2n) is 6.47. The molecule has 2 rings (SSSR count). The number of ether oxygens (including phenoxy) is 1. The van der Waals surface area contributed by atoms with Crippen LogP contribution in [0.25, 0.3) is 0 Å². The van der Waals surface area contributed by atoms with E-state index in [0.29, 0.717) is 22.7 Å². The van der Waals surface area contributed by atoms with Gasteiger partial charge in [-0.25, -0.2) is 0 Å². The van der Waals surface area contributed by atoms with E-state index in [1.165, 1.54) is 21.9 Å². The number of nitrogens with one attached hydrogen (secondary N) is 1. The summed E-state index contributed by atoms with van der Waals surface area (Å²) in [6.07, 6.45) is 3.13. The molecule has 112 valence electrons. The van der Waals surface area contributed by atoms with E-state index < -0.39 is 0 Å². The molecule has 4 nitrogen and oxygen atoms in total. The van der Waals surface area contributed by atoms with Crippen molar-refractivity contribution < 1.29 is 9.53 Å². The number of thiazole rings is 1. The highest BCUT2D eigenvalue weighted by atomic mass is 32.1. The van der Waals surface area contributed by atoms with Crippen molar-refractivity contribution in [2.45, 2.75) is 53.5 Å². The van der Waals surface area contributed by atoms with Crippen molar-refractivity contribution in [1.29, 1.82) is 5.41 Å². The number of fused-ring (bicyclic) bond motifs is 1. The minimum absolute atomic E-state index is 0.179. The smallest absolute Gasteiger partial charge is 0.326 e. The molecule has 1 unspecified atom stereocenters. The van der Waals surface area contributed by atoms with E-state index in [1.54, 1.807) is 6.92 Å². The quantitative estimate of drug-likeness (QED) is 0.872. The number of rotatable bonds is 3. The molecule has 20 heavy (non-hydrogen) atoms. The highest BCUT2D eigenvalue weighted by Crippen LogP contribution is 2.38. The van der Waals surface area contributed by atoms with Crippen molar-refractivity contribution in [2.75, 3.05) is 6.61 Å². The van der Waals surface area contributed by atoms with Gasteiger partial charge in [0, 0.05) is 10.6 Å². The fourth-order valence-electron chi connectivity index (χ4n) is 2.82. The van der Waals surface area contributed by atoms with Crippen LogP contribution in [0, 0.1) is 16.7 Å². The Hall–Kier alpha value is -1.10. The molecule has 1 aromatic rings. The molecule has 1 aliphatic carbocycles.